The van der Waals surface area contributed by atoms with E-state index < -0.39 is 0 Å². The highest BCUT2D eigenvalue weighted by Gasteiger charge is 2.01. The van der Waals surface area contributed by atoms with Crippen LogP contribution >= 0.6 is 23.1 Å². The summed E-state index contributed by atoms with van der Waals surface area (Å²) in [6.07, 6.45) is 1.51. The fourth-order valence-corrected chi connectivity index (χ4v) is 3.00. The highest BCUT2D eigenvalue weighted by Crippen LogP contribution is 2.23. The largest absolute Gasteiger partial charge is 0.320 e. The molecule has 2 aromatic rings. The van der Waals surface area contributed by atoms with Crippen LogP contribution in [0.2, 0.25) is 0 Å². The molecule has 0 atom stereocenters. The Balaban J connectivity index is 1.98. The number of aromatic nitrogens is 2. The Hall–Kier alpha value is -1.55. The first-order valence-electron chi connectivity index (χ1n) is 5.24. The lowest BCUT2D eigenvalue weighted by Gasteiger charge is -1.96. The summed E-state index contributed by atoms with van der Waals surface area (Å²) in [7, 11) is 0. The van der Waals surface area contributed by atoms with Crippen LogP contribution < -0.4 is 11.3 Å². The van der Waals surface area contributed by atoms with E-state index in [1.165, 1.54) is 28.9 Å². The van der Waals surface area contributed by atoms with Gasteiger partial charge < -0.3 is 10.7 Å². The van der Waals surface area contributed by atoms with Crippen LogP contribution in [0.1, 0.15) is 9.75 Å². The highest BCUT2D eigenvalue weighted by molar-refractivity contribution is 7.98. The van der Waals surface area contributed by atoms with E-state index in [2.05, 4.69) is 21.8 Å². The third-order valence-electron chi connectivity index (χ3n) is 1.97. The van der Waals surface area contributed by atoms with Crippen molar-refractivity contribution in [3.05, 3.63) is 44.5 Å². The lowest BCUT2D eigenvalue weighted by atomic mass is 10.4. The molecule has 18 heavy (non-hydrogen) atoms. The summed E-state index contributed by atoms with van der Waals surface area (Å²) < 4.78 is 0. The number of nitrogens with two attached hydrogens (primary N) is 1. The van der Waals surface area contributed by atoms with E-state index in [1.54, 1.807) is 11.3 Å². The fourth-order valence-electron chi connectivity index (χ4n) is 1.23. The zero-order valence-corrected chi connectivity index (χ0v) is 11.1. The number of rotatable bonds is 3. The van der Waals surface area contributed by atoms with Crippen molar-refractivity contribution in [3.8, 4) is 11.8 Å². The molecule has 0 bridgehead atoms. The Morgan fingerprint density at radius 1 is 1.44 bits per heavy atom. The summed E-state index contributed by atoms with van der Waals surface area (Å²) in [5.74, 6) is 6.58. The predicted octanol–water partition coefficient (Wildman–Crippen LogP) is 1.43. The maximum absolute atomic E-state index is 11.1. The zero-order chi connectivity index (χ0) is 12.8. The molecular weight excluding hydrogens is 266 g/mol. The van der Waals surface area contributed by atoms with Crippen molar-refractivity contribution in [1.82, 2.24) is 9.97 Å². The molecule has 0 amide bonds. The summed E-state index contributed by atoms with van der Waals surface area (Å²) in [5.41, 5.74) is 5.19. The zero-order valence-electron chi connectivity index (χ0n) is 9.47. The second-order valence-electron chi connectivity index (χ2n) is 3.30. The van der Waals surface area contributed by atoms with Crippen LogP contribution in [-0.4, -0.2) is 16.5 Å². The maximum Gasteiger partial charge on any atom is 0.251 e. The highest BCUT2D eigenvalue weighted by atomic mass is 32.2. The van der Waals surface area contributed by atoms with Gasteiger partial charge in [0.15, 0.2) is 5.16 Å². The van der Waals surface area contributed by atoms with Crippen LogP contribution in [0.15, 0.2) is 34.3 Å². The molecule has 0 spiro atoms. The third kappa shape index (κ3) is 3.74. The second-order valence-corrected chi connectivity index (χ2v) is 5.43. The normalized spacial score (nSPS) is 9.83. The van der Waals surface area contributed by atoms with Crippen molar-refractivity contribution in [3.63, 3.8) is 0 Å². The molecule has 2 aromatic heterocycles. The van der Waals surface area contributed by atoms with Crippen molar-refractivity contribution in [1.29, 1.82) is 0 Å². The van der Waals surface area contributed by atoms with Crippen molar-refractivity contribution < 1.29 is 0 Å². The van der Waals surface area contributed by atoms with E-state index >= 15 is 0 Å². The van der Waals surface area contributed by atoms with E-state index in [4.69, 9.17) is 5.73 Å². The van der Waals surface area contributed by atoms with Gasteiger partial charge in [0.1, 0.15) is 0 Å². The Morgan fingerprint density at radius 3 is 3.11 bits per heavy atom. The third-order valence-corrected chi connectivity index (χ3v) is 4.09. The number of aromatic amines is 1. The van der Waals surface area contributed by atoms with Gasteiger partial charge in [0, 0.05) is 22.9 Å². The van der Waals surface area contributed by atoms with Crippen molar-refractivity contribution >= 4 is 23.1 Å². The van der Waals surface area contributed by atoms with Crippen LogP contribution in [0.3, 0.4) is 0 Å². The van der Waals surface area contributed by atoms with Gasteiger partial charge in [0.2, 0.25) is 0 Å². The van der Waals surface area contributed by atoms with Gasteiger partial charge in [0.25, 0.3) is 5.56 Å². The summed E-state index contributed by atoms with van der Waals surface area (Å²) in [5, 5.41) is 0.630. The number of nitrogens with one attached hydrogen (secondary N) is 1. The van der Waals surface area contributed by atoms with Gasteiger partial charge in [-0.05, 0) is 12.1 Å². The van der Waals surface area contributed by atoms with Crippen LogP contribution in [0.4, 0.5) is 0 Å². The first-order valence-corrected chi connectivity index (χ1v) is 7.04. The number of nitrogens with zero attached hydrogens (tertiary/aromatic N) is 1. The summed E-state index contributed by atoms with van der Waals surface area (Å²) >= 11 is 3.12. The SMILES string of the molecule is NCC#Cc1ccc(CSc2nccc(=O)[nH]2)s1. The van der Waals surface area contributed by atoms with E-state index in [9.17, 15) is 4.79 Å². The van der Waals surface area contributed by atoms with Gasteiger partial charge >= 0.3 is 0 Å². The van der Waals surface area contributed by atoms with E-state index in [-0.39, 0.29) is 5.56 Å². The summed E-state index contributed by atoms with van der Waals surface area (Å²) in [4.78, 5) is 20.0. The topological polar surface area (TPSA) is 71.8 Å². The molecule has 0 radical (unpaired) electrons. The Kier molecular flexibility index (Phi) is 4.59. The van der Waals surface area contributed by atoms with Crippen molar-refractivity contribution in [2.24, 2.45) is 5.73 Å². The first kappa shape index (κ1) is 12.9. The van der Waals surface area contributed by atoms with E-state index in [1.807, 2.05) is 12.1 Å². The van der Waals surface area contributed by atoms with Crippen molar-refractivity contribution in [2.75, 3.05) is 6.54 Å². The Morgan fingerprint density at radius 2 is 2.33 bits per heavy atom. The molecule has 0 unspecified atom stereocenters. The monoisotopic (exact) mass is 277 g/mol. The number of H-pyrrole nitrogens is 1. The van der Waals surface area contributed by atoms with E-state index in [0.29, 0.717) is 11.7 Å². The molecule has 0 aliphatic carbocycles. The van der Waals surface area contributed by atoms with Gasteiger partial charge in [-0.3, -0.25) is 4.79 Å². The first-order chi connectivity index (χ1) is 8.78. The average molecular weight is 277 g/mol. The molecule has 92 valence electrons. The molecule has 0 aliphatic rings. The number of hydrogen-bond acceptors (Lipinski definition) is 5. The summed E-state index contributed by atoms with van der Waals surface area (Å²) in [6.45, 7) is 0.372. The van der Waals surface area contributed by atoms with Gasteiger partial charge in [-0.15, -0.1) is 11.3 Å². The molecular formula is C12H11N3OS2. The van der Waals surface area contributed by atoms with Crippen LogP contribution in [-0.2, 0) is 5.75 Å². The lowest BCUT2D eigenvalue weighted by Crippen LogP contribution is -2.05. The summed E-state index contributed by atoms with van der Waals surface area (Å²) in [6, 6.07) is 5.40. The van der Waals surface area contributed by atoms with Crippen LogP contribution in [0, 0.1) is 11.8 Å². The number of hydrogen-bond donors (Lipinski definition) is 2. The minimum atomic E-state index is -0.131. The van der Waals surface area contributed by atoms with Gasteiger partial charge in [-0.2, -0.15) is 0 Å². The molecule has 3 N–H and O–H groups in total. The number of thioether (sulfide) groups is 1. The molecule has 0 aliphatic heterocycles. The lowest BCUT2D eigenvalue weighted by molar-refractivity contribution is 0.936. The Labute approximate surface area is 113 Å². The van der Waals surface area contributed by atoms with E-state index in [0.717, 1.165) is 10.6 Å². The second kappa shape index (κ2) is 6.40. The predicted molar refractivity (Wildman–Crippen MR) is 74.7 cm³/mol. The van der Waals surface area contributed by atoms with Gasteiger partial charge in [0.05, 0.1) is 11.4 Å². The molecule has 0 aromatic carbocycles. The molecule has 2 heterocycles. The Bertz CT molecular complexity index is 636. The van der Waals surface area contributed by atoms with Crippen LogP contribution in [0.25, 0.3) is 0 Å². The quantitative estimate of drug-likeness (QED) is 0.506. The van der Waals surface area contributed by atoms with Crippen molar-refractivity contribution in [2.45, 2.75) is 10.9 Å². The number of thiophene rings is 1. The molecule has 0 saturated heterocycles. The molecule has 2 rings (SSSR count). The minimum absolute atomic E-state index is 0.131. The molecule has 6 heteroatoms. The smallest absolute Gasteiger partial charge is 0.251 e. The van der Waals surface area contributed by atoms with Crippen LogP contribution in [0.5, 0.6) is 0 Å². The standard InChI is InChI=1S/C12H11N3OS2/c13-6-1-2-9-3-4-10(18-9)8-17-12-14-7-5-11(16)15-12/h3-5,7H,6,8,13H2,(H,14,15,16). The van der Waals surface area contributed by atoms with Gasteiger partial charge in [-0.1, -0.05) is 23.6 Å². The van der Waals surface area contributed by atoms with Gasteiger partial charge in [-0.25, -0.2) is 4.98 Å². The molecule has 4 nitrogen and oxygen atoms in total. The molecule has 0 fully saturated rings. The maximum atomic E-state index is 11.1. The fraction of sp³-hybridized carbons (Fsp3) is 0.167. The molecule has 0 saturated carbocycles. The minimum Gasteiger partial charge on any atom is -0.320 e. The average Bonchev–Trinajstić information content (AvgIpc) is 2.82.